The molecule has 122 valence electrons. The van der Waals surface area contributed by atoms with Crippen molar-refractivity contribution < 1.29 is 9.53 Å². The molecule has 0 aliphatic carbocycles. The van der Waals surface area contributed by atoms with Gasteiger partial charge in [-0.05, 0) is 45.7 Å². The summed E-state index contributed by atoms with van der Waals surface area (Å²) in [6, 6.07) is 3.68. The number of hydrogen-bond acceptors (Lipinski definition) is 5. The summed E-state index contributed by atoms with van der Waals surface area (Å²) in [6.07, 6.45) is 1.65. The van der Waals surface area contributed by atoms with E-state index in [1.807, 2.05) is 26.8 Å². The van der Waals surface area contributed by atoms with Crippen LogP contribution < -0.4 is 4.90 Å². The second-order valence-electron chi connectivity index (χ2n) is 6.55. The number of likely N-dealkylation sites (N-methyl/N-ethyl adjacent to an activating group) is 1. The molecule has 6 nitrogen and oxygen atoms in total. The fraction of sp³-hybridized carbons (Fsp3) is 0.667. The highest BCUT2D eigenvalue weighted by molar-refractivity contribution is 6.29. The number of anilines is 1. The number of rotatable bonds is 2. The molecule has 22 heavy (non-hydrogen) atoms. The van der Waals surface area contributed by atoms with Crippen LogP contribution in [0.1, 0.15) is 33.6 Å². The van der Waals surface area contributed by atoms with Crippen LogP contribution in [0.15, 0.2) is 12.1 Å². The zero-order chi connectivity index (χ0) is 16.3. The first kappa shape index (κ1) is 16.8. The number of amides is 1. The third kappa shape index (κ3) is 4.47. The van der Waals surface area contributed by atoms with Crippen molar-refractivity contribution in [2.24, 2.45) is 0 Å². The maximum absolute atomic E-state index is 12.2. The maximum Gasteiger partial charge on any atom is 0.410 e. The van der Waals surface area contributed by atoms with Gasteiger partial charge in [-0.25, -0.2) is 4.79 Å². The molecular weight excluding hydrogens is 304 g/mol. The first-order valence-electron chi connectivity index (χ1n) is 7.46. The fourth-order valence-electron chi connectivity index (χ4n) is 2.44. The van der Waals surface area contributed by atoms with E-state index >= 15 is 0 Å². The molecule has 1 atom stereocenters. The van der Waals surface area contributed by atoms with Crippen molar-refractivity contribution in [2.45, 2.75) is 45.3 Å². The Morgan fingerprint density at radius 2 is 2.14 bits per heavy atom. The highest BCUT2D eigenvalue weighted by Crippen LogP contribution is 2.22. The van der Waals surface area contributed by atoms with Gasteiger partial charge in [-0.3, -0.25) is 0 Å². The summed E-state index contributed by atoms with van der Waals surface area (Å²) in [5.41, 5.74) is -0.485. The van der Waals surface area contributed by atoms with Crippen molar-refractivity contribution in [3.63, 3.8) is 0 Å². The second-order valence-corrected chi connectivity index (χ2v) is 6.93. The Balaban J connectivity index is 2.00. The molecule has 0 unspecified atom stereocenters. The first-order chi connectivity index (χ1) is 10.3. The largest absolute Gasteiger partial charge is 0.444 e. The van der Waals surface area contributed by atoms with Crippen LogP contribution in [0.4, 0.5) is 10.6 Å². The van der Waals surface area contributed by atoms with Gasteiger partial charge in [0.15, 0.2) is 11.0 Å². The van der Waals surface area contributed by atoms with Crippen molar-refractivity contribution in [1.82, 2.24) is 15.1 Å². The summed E-state index contributed by atoms with van der Waals surface area (Å²) in [7, 11) is 1.79. The smallest absolute Gasteiger partial charge is 0.410 e. The zero-order valence-electron chi connectivity index (χ0n) is 13.5. The van der Waals surface area contributed by atoms with Crippen LogP contribution in [-0.2, 0) is 4.74 Å². The summed E-state index contributed by atoms with van der Waals surface area (Å²) in [6.45, 7) is 7.22. The van der Waals surface area contributed by atoms with Gasteiger partial charge < -0.3 is 14.5 Å². The molecule has 1 amide bonds. The highest BCUT2D eigenvalue weighted by atomic mass is 35.5. The average molecular weight is 327 g/mol. The van der Waals surface area contributed by atoms with E-state index in [1.165, 1.54) is 0 Å². The molecule has 7 heteroatoms. The van der Waals surface area contributed by atoms with Gasteiger partial charge in [-0.15, -0.1) is 10.2 Å². The summed E-state index contributed by atoms with van der Waals surface area (Å²) in [5, 5.41) is 8.36. The Morgan fingerprint density at radius 1 is 1.41 bits per heavy atom. The van der Waals surface area contributed by atoms with E-state index in [0.717, 1.165) is 25.2 Å². The van der Waals surface area contributed by atoms with Crippen molar-refractivity contribution in [3.8, 4) is 0 Å². The number of aromatic nitrogens is 2. The Kier molecular flexibility index (Phi) is 5.11. The van der Waals surface area contributed by atoms with Crippen molar-refractivity contribution in [3.05, 3.63) is 17.3 Å². The monoisotopic (exact) mass is 326 g/mol. The van der Waals surface area contributed by atoms with Crippen LogP contribution in [0.5, 0.6) is 0 Å². The van der Waals surface area contributed by atoms with Gasteiger partial charge in [0.25, 0.3) is 0 Å². The summed E-state index contributed by atoms with van der Waals surface area (Å²) < 4.78 is 5.43. The minimum Gasteiger partial charge on any atom is -0.444 e. The van der Waals surface area contributed by atoms with Crippen molar-refractivity contribution >= 4 is 23.5 Å². The molecule has 0 aromatic carbocycles. The molecule has 2 rings (SSSR count). The first-order valence-corrected chi connectivity index (χ1v) is 7.84. The number of nitrogens with zero attached hydrogens (tertiary/aromatic N) is 4. The van der Waals surface area contributed by atoms with Crippen LogP contribution in [0.25, 0.3) is 0 Å². The lowest BCUT2D eigenvalue weighted by atomic mass is 10.0. The van der Waals surface area contributed by atoms with E-state index in [9.17, 15) is 4.79 Å². The van der Waals surface area contributed by atoms with Crippen molar-refractivity contribution in [2.75, 3.05) is 25.0 Å². The van der Waals surface area contributed by atoms with E-state index in [2.05, 4.69) is 15.1 Å². The standard InChI is InChI=1S/C15H23ClN4O2/c1-15(2,3)22-14(21)19(4)11-6-5-9-20(10-11)13-8-7-12(16)17-18-13/h7-8,11H,5-6,9-10H2,1-4H3/t11-/m1/s1. The van der Waals surface area contributed by atoms with Crippen LogP contribution in [0, 0.1) is 0 Å². The number of halogens is 1. The van der Waals surface area contributed by atoms with Crippen LogP contribution >= 0.6 is 11.6 Å². The Morgan fingerprint density at radius 3 is 2.73 bits per heavy atom. The minimum atomic E-state index is -0.485. The number of ether oxygens (including phenoxy) is 1. The Hall–Kier alpha value is -1.56. The van der Waals surface area contributed by atoms with Gasteiger partial charge in [0.1, 0.15) is 5.60 Å². The molecule has 1 aliphatic rings. The molecule has 1 aromatic rings. The molecule has 0 bridgehead atoms. The van der Waals surface area contributed by atoms with Crippen LogP contribution in [-0.4, -0.2) is 53.0 Å². The average Bonchev–Trinajstić information content (AvgIpc) is 2.45. The zero-order valence-corrected chi connectivity index (χ0v) is 14.3. The number of piperidine rings is 1. The fourth-order valence-corrected chi connectivity index (χ4v) is 2.54. The molecule has 0 spiro atoms. The lowest BCUT2D eigenvalue weighted by Crippen LogP contribution is -2.50. The molecule has 1 aromatic heterocycles. The van der Waals surface area contributed by atoms with E-state index in [-0.39, 0.29) is 12.1 Å². The molecule has 0 N–H and O–H groups in total. The lowest BCUT2D eigenvalue weighted by Gasteiger charge is -2.38. The quantitative estimate of drug-likeness (QED) is 0.836. The van der Waals surface area contributed by atoms with Gasteiger partial charge >= 0.3 is 6.09 Å². The molecule has 0 radical (unpaired) electrons. The normalized spacial score (nSPS) is 19.0. The molecule has 1 aliphatic heterocycles. The number of carbonyl (C=O) groups excluding carboxylic acids is 1. The van der Waals surface area contributed by atoms with Crippen LogP contribution in [0.3, 0.4) is 0 Å². The SMILES string of the molecule is CN(C(=O)OC(C)(C)C)[C@@H]1CCCN(c2ccc(Cl)nn2)C1. The molecule has 1 fully saturated rings. The third-order valence-corrected chi connectivity index (χ3v) is 3.77. The predicted octanol–water partition coefficient (Wildman–Crippen LogP) is 2.97. The topological polar surface area (TPSA) is 58.6 Å². The van der Waals surface area contributed by atoms with Gasteiger partial charge in [0.2, 0.25) is 0 Å². The number of hydrogen-bond donors (Lipinski definition) is 0. The van der Waals surface area contributed by atoms with Crippen molar-refractivity contribution in [1.29, 1.82) is 0 Å². The number of carbonyl (C=O) groups is 1. The van der Waals surface area contributed by atoms with Gasteiger partial charge in [0, 0.05) is 20.1 Å². The minimum absolute atomic E-state index is 0.0982. The molecule has 1 saturated heterocycles. The van der Waals surface area contributed by atoms with E-state index in [1.54, 1.807) is 18.0 Å². The lowest BCUT2D eigenvalue weighted by molar-refractivity contribution is 0.0209. The Bertz CT molecular complexity index is 515. The third-order valence-electron chi connectivity index (χ3n) is 3.57. The van der Waals surface area contributed by atoms with Crippen LogP contribution in [0.2, 0.25) is 5.15 Å². The summed E-state index contributed by atoms with van der Waals surface area (Å²) >= 11 is 5.77. The molecule has 0 saturated carbocycles. The van der Waals surface area contributed by atoms with E-state index in [4.69, 9.17) is 16.3 Å². The molecular formula is C15H23ClN4O2. The Labute approximate surface area is 136 Å². The maximum atomic E-state index is 12.2. The van der Waals surface area contributed by atoms with Gasteiger partial charge in [-0.1, -0.05) is 11.6 Å². The van der Waals surface area contributed by atoms with E-state index in [0.29, 0.717) is 11.7 Å². The highest BCUT2D eigenvalue weighted by Gasteiger charge is 2.29. The van der Waals surface area contributed by atoms with Gasteiger partial charge in [0.05, 0.1) is 6.04 Å². The summed E-state index contributed by atoms with van der Waals surface area (Å²) in [5.74, 6) is 0.784. The summed E-state index contributed by atoms with van der Waals surface area (Å²) in [4.78, 5) is 16.0. The molecule has 2 heterocycles. The second kappa shape index (κ2) is 6.69. The predicted molar refractivity (Wildman–Crippen MR) is 86.3 cm³/mol. The van der Waals surface area contributed by atoms with Gasteiger partial charge in [-0.2, -0.15) is 0 Å². The van der Waals surface area contributed by atoms with E-state index < -0.39 is 5.60 Å².